The van der Waals surface area contributed by atoms with Crippen LogP contribution in [0.4, 0.5) is 11.4 Å². The lowest BCUT2D eigenvalue weighted by Crippen LogP contribution is -2.32. The van der Waals surface area contributed by atoms with Gasteiger partial charge in [-0.05, 0) is 74.0 Å². The molecular formula is C24H29N3O2. The van der Waals surface area contributed by atoms with Crippen molar-refractivity contribution >= 4 is 23.2 Å². The van der Waals surface area contributed by atoms with Crippen molar-refractivity contribution < 1.29 is 9.59 Å². The maximum absolute atomic E-state index is 13.0. The Morgan fingerprint density at radius 2 is 1.93 bits per heavy atom. The van der Waals surface area contributed by atoms with Crippen LogP contribution in [0.25, 0.3) is 0 Å². The summed E-state index contributed by atoms with van der Waals surface area (Å²) in [5, 5.41) is 6.36. The largest absolute Gasteiger partial charge is 0.326 e. The van der Waals surface area contributed by atoms with E-state index >= 15 is 0 Å². The maximum atomic E-state index is 13.0. The number of anilines is 2. The summed E-state index contributed by atoms with van der Waals surface area (Å²) in [5.41, 5.74) is 3.48. The first-order chi connectivity index (χ1) is 14.1. The second kappa shape index (κ2) is 8.78. The molecule has 0 aromatic heterocycles. The molecule has 152 valence electrons. The summed E-state index contributed by atoms with van der Waals surface area (Å²) >= 11 is 0. The fraction of sp³-hybridized carbons (Fsp3) is 0.417. The van der Waals surface area contributed by atoms with Gasteiger partial charge in [0.2, 0.25) is 5.91 Å². The van der Waals surface area contributed by atoms with Gasteiger partial charge in [-0.3, -0.25) is 9.59 Å². The summed E-state index contributed by atoms with van der Waals surface area (Å²) in [5.74, 6) is 0.967. The van der Waals surface area contributed by atoms with Crippen molar-refractivity contribution in [2.45, 2.75) is 32.6 Å². The fourth-order valence-corrected chi connectivity index (χ4v) is 4.52. The summed E-state index contributed by atoms with van der Waals surface area (Å²) in [7, 11) is 0. The van der Waals surface area contributed by atoms with E-state index in [4.69, 9.17) is 0 Å². The van der Waals surface area contributed by atoms with Crippen molar-refractivity contribution in [3.63, 3.8) is 0 Å². The van der Waals surface area contributed by atoms with E-state index in [9.17, 15) is 9.59 Å². The van der Waals surface area contributed by atoms with Crippen molar-refractivity contribution in [3.05, 3.63) is 59.7 Å². The lowest BCUT2D eigenvalue weighted by Gasteiger charge is -2.27. The molecule has 1 saturated heterocycles. The van der Waals surface area contributed by atoms with Gasteiger partial charge < -0.3 is 15.5 Å². The van der Waals surface area contributed by atoms with Crippen molar-refractivity contribution in [2.75, 3.05) is 29.9 Å². The Bertz CT molecular complexity index is 889. The number of nitrogens with zero attached hydrogens (tertiary/aromatic N) is 1. The lowest BCUT2D eigenvalue weighted by atomic mass is 9.84. The van der Waals surface area contributed by atoms with E-state index in [0.29, 0.717) is 36.1 Å². The van der Waals surface area contributed by atoms with Crippen LogP contribution in [0.3, 0.4) is 0 Å². The highest BCUT2D eigenvalue weighted by molar-refractivity contribution is 6.08. The van der Waals surface area contributed by atoms with Gasteiger partial charge >= 0.3 is 0 Å². The van der Waals surface area contributed by atoms with Gasteiger partial charge in [0.15, 0.2) is 0 Å². The molecule has 1 unspecified atom stereocenters. The Labute approximate surface area is 172 Å². The van der Waals surface area contributed by atoms with Crippen LogP contribution in [0.2, 0.25) is 0 Å². The minimum absolute atomic E-state index is 0.0193. The Morgan fingerprint density at radius 1 is 1.14 bits per heavy atom. The molecule has 1 atom stereocenters. The minimum atomic E-state index is -0.0193. The molecule has 2 heterocycles. The van der Waals surface area contributed by atoms with Gasteiger partial charge in [0.1, 0.15) is 0 Å². The molecule has 2 aliphatic rings. The number of amides is 2. The molecular weight excluding hydrogens is 362 g/mol. The predicted octanol–water partition coefficient (Wildman–Crippen LogP) is 3.85. The first-order valence-corrected chi connectivity index (χ1v) is 10.6. The van der Waals surface area contributed by atoms with Crippen LogP contribution in [0.5, 0.6) is 0 Å². The Balaban J connectivity index is 1.40. The average molecular weight is 392 g/mol. The second-order valence-electron chi connectivity index (χ2n) is 8.23. The summed E-state index contributed by atoms with van der Waals surface area (Å²) in [6, 6.07) is 15.3. The van der Waals surface area contributed by atoms with Crippen molar-refractivity contribution in [1.29, 1.82) is 0 Å². The standard InChI is InChI=1S/C24H29N3O2/c1-17(18-9-12-25-13-10-18)15-23(28)26-21-7-4-6-20(16-21)24(29)27-14-11-19-5-2-3-8-22(19)27/h2-8,16-18,25H,9-15H2,1H3,(H,26,28). The number of carbonyl (C=O) groups excluding carboxylic acids is 2. The van der Waals surface area contributed by atoms with Gasteiger partial charge in [-0.2, -0.15) is 0 Å². The van der Waals surface area contributed by atoms with Crippen molar-refractivity contribution in [3.8, 4) is 0 Å². The quantitative estimate of drug-likeness (QED) is 0.814. The number of benzene rings is 2. The molecule has 0 radical (unpaired) electrons. The third-order valence-electron chi connectivity index (χ3n) is 6.22. The summed E-state index contributed by atoms with van der Waals surface area (Å²) in [4.78, 5) is 27.4. The normalized spacial score (nSPS) is 17.6. The molecule has 0 bridgehead atoms. The molecule has 0 aliphatic carbocycles. The van der Waals surface area contributed by atoms with Crippen LogP contribution in [-0.4, -0.2) is 31.4 Å². The van der Waals surface area contributed by atoms with Crippen LogP contribution < -0.4 is 15.5 Å². The first-order valence-electron chi connectivity index (χ1n) is 10.6. The molecule has 2 amide bonds. The van der Waals surface area contributed by atoms with Crippen LogP contribution in [0, 0.1) is 11.8 Å². The van der Waals surface area contributed by atoms with Crippen molar-refractivity contribution in [2.24, 2.45) is 11.8 Å². The SMILES string of the molecule is CC(CC(=O)Nc1cccc(C(=O)N2CCc3ccccc32)c1)C1CCNCC1. The number of hydrogen-bond donors (Lipinski definition) is 2. The number of para-hydroxylation sites is 1. The van der Waals surface area contributed by atoms with Gasteiger partial charge in [-0.25, -0.2) is 0 Å². The van der Waals surface area contributed by atoms with Crippen molar-refractivity contribution in [1.82, 2.24) is 5.32 Å². The van der Waals surface area contributed by atoms with E-state index < -0.39 is 0 Å². The van der Waals surface area contributed by atoms with Crippen LogP contribution in [-0.2, 0) is 11.2 Å². The Kier molecular flexibility index (Phi) is 5.95. The summed E-state index contributed by atoms with van der Waals surface area (Å²) < 4.78 is 0. The van der Waals surface area contributed by atoms with E-state index in [2.05, 4.69) is 23.6 Å². The third kappa shape index (κ3) is 4.51. The summed E-state index contributed by atoms with van der Waals surface area (Å²) in [6.07, 6.45) is 3.67. The van der Waals surface area contributed by atoms with E-state index in [0.717, 1.165) is 38.0 Å². The average Bonchev–Trinajstić information content (AvgIpc) is 3.18. The smallest absolute Gasteiger partial charge is 0.258 e. The number of rotatable bonds is 5. The zero-order valence-corrected chi connectivity index (χ0v) is 17.0. The monoisotopic (exact) mass is 391 g/mol. The number of hydrogen-bond acceptors (Lipinski definition) is 3. The highest BCUT2D eigenvalue weighted by Gasteiger charge is 2.25. The Morgan fingerprint density at radius 3 is 2.76 bits per heavy atom. The zero-order valence-electron chi connectivity index (χ0n) is 17.0. The minimum Gasteiger partial charge on any atom is -0.326 e. The molecule has 4 rings (SSSR count). The highest BCUT2D eigenvalue weighted by Crippen LogP contribution is 2.29. The highest BCUT2D eigenvalue weighted by atomic mass is 16.2. The molecule has 5 nitrogen and oxygen atoms in total. The molecule has 2 N–H and O–H groups in total. The van der Waals surface area contributed by atoms with Gasteiger partial charge in [-0.1, -0.05) is 31.2 Å². The molecule has 2 aromatic carbocycles. The predicted molar refractivity (Wildman–Crippen MR) is 116 cm³/mol. The zero-order chi connectivity index (χ0) is 20.2. The number of carbonyl (C=O) groups is 2. The second-order valence-corrected chi connectivity index (χ2v) is 8.23. The van der Waals surface area contributed by atoms with E-state index in [-0.39, 0.29) is 11.8 Å². The Hall–Kier alpha value is -2.66. The number of nitrogens with one attached hydrogen (secondary N) is 2. The number of fused-ring (bicyclic) bond motifs is 1. The van der Waals surface area contributed by atoms with Gasteiger partial charge in [0, 0.05) is 29.9 Å². The van der Waals surface area contributed by atoms with E-state index in [1.165, 1.54) is 5.56 Å². The molecule has 2 aliphatic heterocycles. The van der Waals surface area contributed by atoms with Gasteiger partial charge in [0.05, 0.1) is 0 Å². The molecule has 1 fully saturated rings. The van der Waals surface area contributed by atoms with Crippen LogP contribution >= 0.6 is 0 Å². The topological polar surface area (TPSA) is 61.4 Å². The first kappa shape index (κ1) is 19.6. The number of piperidine rings is 1. The molecule has 0 saturated carbocycles. The molecule has 2 aromatic rings. The van der Waals surface area contributed by atoms with Crippen LogP contribution in [0.1, 0.15) is 42.1 Å². The maximum Gasteiger partial charge on any atom is 0.258 e. The van der Waals surface area contributed by atoms with E-state index in [1.54, 1.807) is 6.07 Å². The molecule has 0 spiro atoms. The lowest BCUT2D eigenvalue weighted by molar-refractivity contribution is -0.117. The molecule has 29 heavy (non-hydrogen) atoms. The van der Waals surface area contributed by atoms with Crippen LogP contribution in [0.15, 0.2) is 48.5 Å². The fourth-order valence-electron chi connectivity index (χ4n) is 4.52. The van der Waals surface area contributed by atoms with Gasteiger partial charge in [0.25, 0.3) is 5.91 Å². The van der Waals surface area contributed by atoms with E-state index in [1.807, 2.05) is 41.3 Å². The third-order valence-corrected chi connectivity index (χ3v) is 6.22. The van der Waals surface area contributed by atoms with Gasteiger partial charge in [-0.15, -0.1) is 0 Å². The molecule has 5 heteroatoms. The summed E-state index contributed by atoms with van der Waals surface area (Å²) in [6.45, 7) is 4.95.